The van der Waals surface area contributed by atoms with Gasteiger partial charge in [-0.05, 0) is 6.07 Å². The number of halogens is 1. The third kappa shape index (κ3) is 3.06. The minimum Gasteiger partial charge on any atom is -0.475 e. The van der Waals surface area contributed by atoms with E-state index in [2.05, 4.69) is 10.2 Å². The fraction of sp³-hybridized carbons (Fsp3) is 0.286. The summed E-state index contributed by atoms with van der Waals surface area (Å²) in [5.74, 6) is -1.15. The quantitative estimate of drug-likeness (QED) is 0.537. The molecule has 0 atom stereocenters. The van der Waals surface area contributed by atoms with Crippen molar-refractivity contribution in [1.29, 1.82) is 0 Å². The Morgan fingerprint density at radius 3 is 2.57 bits per heavy atom. The van der Waals surface area contributed by atoms with E-state index >= 15 is 0 Å². The van der Waals surface area contributed by atoms with Crippen LogP contribution in [0.15, 0.2) is 23.6 Å². The Hall–Kier alpha value is -1.56. The van der Waals surface area contributed by atoms with Gasteiger partial charge in [0.15, 0.2) is 0 Å². The van der Waals surface area contributed by atoms with E-state index < -0.39 is 5.97 Å². The summed E-state index contributed by atoms with van der Waals surface area (Å²) in [6, 6.07) is 1.67. The van der Waals surface area contributed by atoms with Crippen molar-refractivity contribution in [3.05, 3.63) is 18.5 Å². The van der Waals surface area contributed by atoms with Crippen molar-refractivity contribution in [2.75, 3.05) is 14.1 Å². The molecule has 0 aliphatic heterocycles. The summed E-state index contributed by atoms with van der Waals surface area (Å²) >= 11 is 0. The lowest BCUT2D eigenvalue weighted by atomic mass is 10.5. The highest BCUT2D eigenvalue weighted by Gasteiger charge is 2.11. The van der Waals surface area contributed by atoms with Crippen molar-refractivity contribution >= 4 is 24.2 Å². The SMILES string of the molecule is CN(C)/C(=N/n1cccn1)C(=O)O.Cl. The maximum Gasteiger partial charge on any atom is 0.373 e. The van der Waals surface area contributed by atoms with Gasteiger partial charge in [-0.15, -0.1) is 17.5 Å². The molecule has 0 bridgehead atoms. The van der Waals surface area contributed by atoms with Gasteiger partial charge in [-0.1, -0.05) is 0 Å². The zero-order valence-corrected chi connectivity index (χ0v) is 8.60. The summed E-state index contributed by atoms with van der Waals surface area (Å²) in [7, 11) is 3.22. The molecule has 0 aliphatic carbocycles. The number of hydrogen-bond donors (Lipinski definition) is 1. The Morgan fingerprint density at radius 1 is 1.57 bits per heavy atom. The molecule has 0 unspecified atom stereocenters. The molecule has 78 valence electrons. The number of nitrogens with zero attached hydrogens (tertiary/aromatic N) is 4. The van der Waals surface area contributed by atoms with Crippen molar-refractivity contribution in [3.63, 3.8) is 0 Å². The maximum atomic E-state index is 10.7. The van der Waals surface area contributed by atoms with E-state index in [0.29, 0.717) is 0 Å². The summed E-state index contributed by atoms with van der Waals surface area (Å²) in [4.78, 5) is 13.3. The van der Waals surface area contributed by atoms with Crippen LogP contribution in [-0.4, -0.2) is 45.8 Å². The second-order valence-corrected chi connectivity index (χ2v) is 2.55. The van der Waals surface area contributed by atoms with E-state index in [4.69, 9.17) is 5.11 Å². The van der Waals surface area contributed by atoms with Gasteiger partial charge in [0, 0.05) is 14.1 Å². The van der Waals surface area contributed by atoms with Crippen LogP contribution in [0.2, 0.25) is 0 Å². The largest absolute Gasteiger partial charge is 0.475 e. The third-order valence-electron chi connectivity index (χ3n) is 1.30. The minimum absolute atomic E-state index is 0. The molecular weight excluding hydrogens is 208 g/mol. The number of amidine groups is 1. The van der Waals surface area contributed by atoms with Gasteiger partial charge in [0.25, 0.3) is 0 Å². The van der Waals surface area contributed by atoms with Crippen molar-refractivity contribution in [3.8, 4) is 0 Å². The van der Waals surface area contributed by atoms with Crippen LogP contribution in [0.4, 0.5) is 0 Å². The van der Waals surface area contributed by atoms with Crippen LogP contribution in [0.1, 0.15) is 0 Å². The molecule has 0 aliphatic rings. The van der Waals surface area contributed by atoms with E-state index in [-0.39, 0.29) is 18.2 Å². The molecule has 1 heterocycles. The standard InChI is InChI=1S/C7H10N4O2.ClH/c1-10(2)6(7(12)13)9-11-5-3-4-8-11;/h3-5H,1-2H3,(H,12,13);1H/b9-6+;. The average Bonchev–Trinajstić information content (AvgIpc) is 2.50. The molecule has 1 aromatic heterocycles. The lowest BCUT2D eigenvalue weighted by molar-refractivity contribution is -0.130. The van der Waals surface area contributed by atoms with Gasteiger partial charge in [-0.25, -0.2) is 4.79 Å². The summed E-state index contributed by atoms with van der Waals surface area (Å²) < 4.78 is 0. The van der Waals surface area contributed by atoms with Gasteiger partial charge in [-0.3, -0.25) is 0 Å². The van der Waals surface area contributed by atoms with E-state index in [1.165, 1.54) is 15.9 Å². The molecule has 1 rings (SSSR count). The van der Waals surface area contributed by atoms with Gasteiger partial charge >= 0.3 is 5.97 Å². The number of rotatable bonds is 1. The number of carboxylic acids is 1. The van der Waals surface area contributed by atoms with Gasteiger partial charge < -0.3 is 10.0 Å². The summed E-state index contributed by atoms with van der Waals surface area (Å²) in [5.41, 5.74) is 0. The topological polar surface area (TPSA) is 70.7 Å². The molecule has 6 nitrogen and oxygen atoms in total. The number of aliphatic carboxylic acids is 1. The first-order chi connectivity index (χ1) is 6.11. The Balaban J connectivity index is 0.00000169. The maximum absolute atomic E-state index is 10.7. The van der Waals surface area contributed by atoms with E-state index in [0.717, 1.165) is 0 Å². The average molecular weight is 219 g/mol. The first-order valence-electron chi connectivity index (χ1n) is 3.60. The summed E-state index contributed by atoms with van der Waals surface area (Å²) in [6.07, 6.45) is 3.09. The summed E-state index contributed by atoms with van der Waals surface area (Å²) in [5, 5.41) is 16.3. The molecule has 0 aromatic carbocycles. The van der Waals surface area contributed by atoms with Gasteiger partial charge in [0.1, 0.15) is 0 Å². The molecule has 0 amide bonds. The van der Waals surface area contributed by atoms with Gasteiger partial charge in [-0.2, -0.15) is 9.89 Å². The van der Waals surface area contributed by atoms with Gasteiger partial charge in [0.2, 0.25) is 5.84 Å². The van der Waals surface area contributed by atoms with Crippen LogP contribution in [0.25, 0.3) is 0 Å². The smallest absolute Gasteiger partial charge is 0.373 e. The molecule has 7 heteroatoms. The highest BCUT2D eigenvalue weighted by atomic mass is 35.5. The van der Waals surface area contributed by atoms with E-state index in [1.54, 1.807) is 26.4 Å². The molecule has 0 radical (unpaired) electrons. The molecule has 0 spiro atoms. The predicted octanol–water partition coefficient (Wildman–Crippen LogP) is 0.113. The number of hydrogen-bond acceptors (Lipinski definition) is 3. The lowest BCUT2D eigenvalue weighted by Gasteiger charge is -2.10. The first-order valence-corrected chi connectivity index (χ1v) is 3.60. The van der Waals surface area contributed by atoms with Crippen LogP contribution in [0.3, 0.4) is 0 Å². The van der Waals surface area contributed by atoms with Crippen molar-refractivity contribution in [2.45, 2.75) is 0 Å². The molecular formula is C7H11ClN4O2. The normalized spacial score (nSPS) is 10.6. The highest BCUT2D eigenvalue weighted by Crippen LogP contribution is 1.88. The molecule has 1 N–H and O–H groups in total. The highest BCUT2D eigenvalue weighted by molar-refractivity contribution is 6.34. The zero-order valence-electron chi connectivity index (χ0n) is 7.78. The zero-order chi connectivity index (χ0) is 9.84. The Labute approximate surface area is 87.2 Å². The first kappa shape index (κ1) is 12.4. The van der Waals surface area contributed by atoms with Crippen LogP contribution < -0.4 is 0 Å². The lowest BCUT2D eigenvalue weighted by Crippen LogP contribution is -2.30. The van der Waals surface area contributed by atoms with Crippen molar-refractivity contribution in [1.82, 2.24) is 14.8 Å². The monoisotopic (exact) mass is 218 g/mol. The van der Waals surface area contributed by atoms with Crippen LogP contribution >= 0.6 is 12.4 Å². The van der Waals surface area contributed by atoms with Gasteiger partial charge in [0.05, 0.1) is 12.4 Å². The second-order valence-electron chi connectivity index (χ2n) is 2.55. The van der Waals surface area contributed by atoms with Crippen LogP contribution in [-0.2, 0) is 4.79 Å². The molecule has 14 heavy (non-hydrogen) atoms. The molecule has 0 saturated heterocycles. The fourth-order valence-electron chi connectivity index (χ4n) is 0.740. The van der Waals surface area contributed by atoms with E-state index in [9.17, 15) is 4.79 Å². The van der Waals surface area contributed by atoms with Crippen LogP contribution in [0.5, 0.6) is 0 Å². The number of carbonyl (C=O) groups is 1. The number of likely N-dealkylation sites (N-methyl/N-ethyl adjacent to an activating group) is 1. The third-order valence-corrected chi connectivity index (χ3v) is 1.30. The van der Waals surface area contributed by atoms with Crippen molar-refractivity contribution in [2.24, 2.45) is 5.10 Å². The van der Waals surface area contributed by atoms with Crippen LogP contribution in [0, 0.1) is 0 Å². The Bertz CT molecular complexity index is 320. The Kier molecular flexibility index (Phi) is 4.65. The van der Waals surface area contributed by atoms with E-state index in [1.807, 2.05) is 0 Å². The predicted molar refractivity (Wildman–Crippen MR) is 53.6 cm³/mol. The second kappa shape index (κ2) is 5.23. The molecule has 1 aromatic rings. The van der Waals surface area contributed by atoms with Crippen molar-refractivity contribution < 1.29 is 9.90 Å². The summed E-state index contributed by atoms with van der Waals surface area (Å²) in [6.45, 7) is 0. The Morgan fingerprint density at radius 2 is 2.21 bits per heavy atom. The minimum atomic E-state index is -1.08. The number of carboxylic acid groups (broad SMARTS) is 1. The molecule has 0 saturated carbocycles. The fourth-order valence-corrected chi connectivity index (χ4v) is 0.740. The number of aromatic nitrogens is 2. The molecule has 0 fully saturated rings.